The maximum atomic E-state index is 12.6. The van der Waals surface area contributed by atoms with Crippen LogP contribution >= 0.6 is 0 Å². The van der Waals surface area contributed by atoms with Crippen molar-refractivity contribution in [2.45, 2.75) is 67.5 Å². The van der Waals surface area contributed by atoms with Crippen LogP contribution in [0.25, 0.3) is 0 Å². The minimum atomic E-state index is -0.675. The molecule has 3 heterocycles. The fraction of sp³-hybridized carbons (Fsp3) is 0.760. The molecular weight excluding hydrogens is 390 g/mol. The summed E-state index contributed by atoms with van der Waals surface area (Å²) in [5.74, 6) is 1.61. The molecule has 6 rings (SSSR count). The lowest BCUT2D eigenvalue weighted by molar-refractivity contribution is -0.180. The molecule has 0 unspecified atom stereocenters. The van der Waals surface area contributed by atoms with Crippen LogP contribution in [-0.4, -0.2) is 73.8 Å². The molecule has 3 saturated heterocycles. The van der Waals surface area contributed by atoms with Crippen molar-refractivity contribution in [1.29, 1.82) is 0 Å². The summed E-state index contributed by atoms with van der Waals surface area (Å²) in [6, 6.07) is 6.82. The molecule has 4 atom stereocenters. The molecule has 1 aromatic carbocycles. The summed E-state index contributed by atoms with van der Waals surface area (Å²) in [5.41, 5.74) is 1.98. The summed E-state index contributed by atoms with van der Waals surface area (Å²) in [6.07, 6.45) is 7.18. The fourth-order valence-corrected chi connectivity index (χ4v) is 7.74. The maximum Gasteiger partial charge on any atom is 0.119 e. The summed E-state index contributed by atoms with van der Waals surface area (Å²) in [5, 5.41) is 19.9. The molecule has 5 aliphatic rings. The number of piperidine rings is 1. The number of fused-ring (bicyclic) bond motifs is 1. The number of nitrogens with one attached hydrogen (secondary N) is 2. The van der Waals surface area contributed by atoms with Crippen LogP contribution in [0.5, 0.6) is 5.75 Å². The zero-order valence-corrected chi connectivity index (χ0v) is 18.8. The number of benzene rings is 1. The number of hydrogen-bond acceptors (Lipinski definition) is 6. The van der Waals surface area contributed by atoms with Gasteiger partial charge in [-0.05, 0) is 80.7 Å². The van der Waals surface area contributed by atoms with E-state index in [2.05, 4.69) is 33.7 Å². The average molecular weight is 428 g/mol. The van der Waals surface area contributed by atoms with Gasteiger partial charge in [0, 0.05) is 50.0 Å². The van der Waals surface area contributed by atoms with Gasteiger partial charge >= 0.3 is 0 Å². The van der Waals surface area contributed by atoms with Crippen molar-refractivity contribution >= 4 is 0 Å². The molecule has 31 heavy (non-hydrogen) atoms. The first-order chi connectivity index (χ1) is 15.1. The first kappa shape index (κ1) is 20.4. The van der Waals surface area contributed by atoms with Gasteiger partial charge in [-0.15, -0.1) is 0 Å². The number of rotatable bonds is 3. The Morgan fingerprint density at radius 3 is 2.87 bits per heavy atom. The topological polar surface area (TPSA) is 66.0 Å². The van der Waals surface area contributed by atoms with Crippen molar-refractivity contribution < 1.29 is 14.6 Å². The van der Waals surface area contributed by atoms with Crippen LogP contribution in [-0.2, 0) is 16.6 Å². The van der Waals surface area contributed by atoms with Crippen molar-refractivity contribution in [3.05, 3.63) is 29.3 Å². The monoisotopic (exact) mass is 427 g/mol. The molecule has 170 valence electrons. The predicted molar refractivity (Wildman–Crippen MR) is 119 cm³/mol. The third-order valence-electron chi connectivity index (χ3n) is 9.40. The third-order valence-corrected chi connectivity index (χ3v) is 9.40. The fourth-order valence-electron chi connectivity index (χ4n) is 7.74. The molecule has 6 heteroatoms. The third kappa shape index (κ3) is 3.02. The van der Waals surface area contributed by atoms with Crippen LogP contribution in [0.4, 0.5) is 0 Å². The molecule has 3 N–H and O–H groups in total. The van der Waals surface area contributed by atoms with E-state index in [1.807, 2.05) is 0 Å². The van der Waals surface area contributed by atoms with Crippen molar-refractivity contribution in [3.63, 3.8) is 0 Å². The zero-order chi connectivity index (χ0) is 21.1. The molecule has 1 spiro atoms. The highest BCUT2D eigenvalue weighted by Crippen LogP contribution is 2.60. The van der Waals surface area contributed by atoms with Gasteiger partial charge in [0.1, 0.15) is 5.75 Å². The summed E-state index contributed by atoms with van der Waals surface area (Å²) in [7, 11) is 1.75. The van der Waals surface area contributed by atoms with Gasteiger partial charge in [0.2, 0.25) is 0 Å². The van der Waals surface area contributed by atoms with Crippen molar-refractivity contribution in [3.8, 4) is 5.75 Å². The molecule has 0 radical (unpaired) electrons. The van der Waals surface area contributed by atoms with Crippen LogP contribution in [0.2, 0.25) is 0 Å². The van der Waals surface area contributed by atoms with E-state index in [1.165, 1.54) is 11.1 Å². The van der Waals surface area contributed by atoms with E-state index in [4.69, 9.17) is 9.47 Å². The molecule has 4 fully saturated rings. The minimum absolute atomic E-state index is 0.0946. The van der Waals surface area contributed by atoms with Crippen molar-refractivity contribution in [2.24, 2.45) is 5.92 Å². The normalized spacial score (nSPS) is 40.5. The molecule has 2 bridgehead atoms. The summed E-state index contributed by atoms with van der Waals surface area (Å²) in [6.45, 7) is 5.83. The van der Waals surface area contributed by atoms with E-state index in [-0.39, 0.29) is 17.0 Å². The molecular formula is C25H37N3O3. The molecule has 3 aliphatic heterocycles. The smallest absolute Gasteiger partial charge is 0.119 e. The zero-order valence-electron chi connectivity index (χ0n) is 18.8. The average Bonchev–Trinajstić information content (AvgIpc) is 3.25. The van der Waals surface area contributed by atoms with Crippen LogP contribution in [0.3, 0.4) is 0 Å². The van der Waals surface area contributed by atoms with Gasteiger partial charge in [-0.1, -0.05) is 6.07 Å². The van der Waals surface area contributed by atoms with E-state index in [9.17, 15) is 5.11 Å². The number of ether oxygens (including phenoxy) is 2. The Kier molecular flexibility index (Phi) is 4.89. The number of methoxy groups -OCH3 is 1. The van der Waals surface area contributed by atoms with Crippen LogP contribution in [0.15, 0.2) is 18.2 Å². The Morgan fingerprint density at radius 1 is 1.23 bits per heavy atom. The summed E-state index contributed by atoms with van der Waals surface area (Å²) in [4.78, 5) is 2.65. The number of hydrogen-bond donors (Lipinski definition) is 3. The Balaban J connectivity index is 1.41. The second-order valence-corrected chi connectivity index (χ2v) is 10.8. The Morgan fingerprint density at radius 2 is 2.10 bits per heavy atom. The molecule has 0 aromatic heterocycles. The van der Waals surface area contributed by atoms with Gasteiger partial charge in [-0.2, -0.15) is 0 Å². The van der Waals surface area contributed by atoms with E-state index in [0.717, 1.165) is 90.2 Å². The minimum Gasteiger partial charge on any atom is -0.497 e. The second kappa shape index (κ2) is 7.42. The highest BCUT2D eigenvalue weighted by Gasteiger charge is 2.67. The number of likely N-dealkylation sites (tertiary alicyclic amines) is 1. The standard InChI is InChI=1S/C25H37N3O3/c1-30-20-3-2-19-12-22-25(29)7-6-23(16-26-17-27-23)15-24(25,21(19)13-20)8-9-28(22)14-18-4-10-31-11-5-18/h2-3,13,18,22,26-27,29H,4-12,14-17H2,1H3/t22-,23+,24-,25-/m1/s1. The molecule has 1 saturated carbocycles. The largest absolute Gasteiger partial charge is 0.497 e. The molecule has 2 aliphatic carbocycles. The molecule has 6 nitrogen and oxygen atoms in total. The van der Waals surface area contributed by atoms with Gasteiger partial charge in [0.05, 0.1) is 12.7 Å². The molecule has 1 aromatic rings. The van der Waals surface area contributed by atoms with Gasteiger partial charge in [-0.3, -0.25) is 10.2 Å². The predicted octanol–water partition coefficient (Wildman–Crippen LogP) is 1.79. The lowest BCUT2D eigenvalue weighted by Crippen LogP contribution is -2.76. The number of aliphatic hydroxyl groups is 1. The second-order valence-electron chi connectivity index (χ2n) is 10.8. The van der Waals surface area contributed by atoms with Crippen LogP contribution in [0.1, 0.15) is 49.7 Å². The maximum absolute atomic E-state index is 12.6. The van der Waals surface area contributed by atoms with Gasteiger partial charge in [0.15, 0.2) is 0 Å². The van der Waals surface area contributed by atoms with Crippen molar-refractivity contribution in [2.75, 3.05) is 46.6 Å². The van der Waals surface area contributed by atoms with Gasteiger partial charge in [-0.25, -0.2) is 0 Å². The van der Waals surface area contributed by atoms with Gasteiger partial charge < -0.3 is 19.9 Å². The van der Waals surface area contributed by atoms with E-state index in [0.29, 0.717) is 5.92 Å². The van der Waals surface area contributed by atoms with Crippen LogP contribution in [0, 0.1) is 5.92 Å². The number of nitrogens with zero attached hydrogens (tertiary/aromatic N) is 1. The van der Waals surface area contributed by atoms with E-state index >= 15 is 0 Å². The van der Waals surface area contributed by atoms with Crippen LogP contribution < -0.4 is 15.4 Å². The van der Waals surface area contributed by atoms with Gasteiger partial charge in [0.25, 0.3) is 0 Å². The summed E-state index contributed by atoms with van der Waals surface area (Å²) >= 11 is 0. The highest BCUT2D eigenvalue weighted by atomic mass is 16.5. The molecule has 0 amide bonds. The summed E-state index contributed by atoms with van der Waals surface area (Å²) < 4.78 is 11.2. The first-order valence-electron chi connectivity index (χ1n) is 12.2. The lowest BCUT2D eigenvalue weighted by atomic mass is 9.46. The quantitative estimate of drug-likeness (QED) is 0.684. The SMILES string of the molecule is COc1ccc2c(c1)[C@]13CCN(CC4CCOCC4)[C@H](C2)[C@]1(O)CC[C@@]1(CNCN1)C3. The van der Waals surface area contributed by atoms with Crippen molar-refractivity contribution in [1.82, 2.24) is 15.5 Å². The van der Waals surface area contributed by atoms with E-state index in [1.54, 1.807) is 7.11 Å². The Labute approximate surface area is 185 Å². The highest BCUT2D eigenvalue weighted by molar-refractivity contribution is 5.49. The lowest BCUT2D eigenvalue weighted by Gasteiger charge is -2.66. The van der Waals surface area contributed by atoms with E-state index < -0.39 is 5.60 Å². The Bertz CT molecular complexity index is 835. The first-order valence-corrected chi connectivity index (χ1v) is 12.2. The Hall–Kier alpha value is -1.18.